The molecule has 3 atom stereocenters. The second-order valence-electron chi connectivity index (χ2n) is 7.60. The lowest BCUT2D eigenvalue weighted by Gasteiger charge is -2.23. The average molecular weight is 425 g/mol. The molecule has 8 nitrogen and oxygen atoms in total. The smallest absolute Gasteiger partial charge is 0.252 e. The predicted octanol–water partition coefficient (Wildman–Crippen LogP) is 1.27. The van der Waals surface area contributed by atoms with Gasteiger partial charge in [-0.3, -0.25) is 19.4 Å². The van der Waals surface area contributed by atoms with Crippen molar-refractivity contribution in [2.75, 3.05) is 0 Å². The molecule has 3 unspecified atom stereocenters. The zero-order valence-corrected chi connectivity index (χ0v) is 17.9. The van der Waals surface area contributed by atoms with Crippen LogP contribution in [0.1, 0.15) is 36.7 Å². The lowest BCUT2D eigenvalue weighted by Crippen LogP contribution is -2.55. The van der Waals surface area contributed by atoms with Crippen LogP contribution in [0.25, 0.3) is 0 Å². The summed E-state index contributed by atoms with van der Waals surface area (Å²) in [5.74, 6) is -1.47. The molecular formula is C23H28N4O4. The Morgan fingerprint density at radius 3 is 2.13 bits per heavy atom. The van der Waals surface area contributed by atoms with Crippen molar-refractivity contribution in [1.82, 2.24) is 20.9 Å². The first kappa shape index (κ1) is 23.7. The Kier molecular flexibility index (Phi) is 8.87. The number of carbonyl (C=O) groups is 4. The molecule has 2 aromatic rings. The standard InChI is InChI=1S/C23H28N4O4/c1-15(2)20(14-28)27-21(29)16(3)25-23(31)19(13-17-7-5-4-6-8-17)26-22(30)18-9-11-24-12-10-18/h4-12,14-16,19-20H,13H2,1-3H3,(H,25,31)(H,26,30)(H,27,29). The highest BCUT2D eigenvalue weighted by molar-refractivity contribution is 5.98. The van der Waals surface area contributed by atoms with Gasteiger partial charge in [0.1, 0.15) is 18.4 Å². The fourth-order valence-corrected chi connectivity index (χ4v) is 2.83. The molecule has 164 valence electrons. The number of nitrogens with one attached hydrogen (secondary N) is 3. The zero-order valence-electron chi connectivity index (χ0n) is 17.9. The molecule has 0 aliphatic rings. The number of benzene rings is 1. The molecule has 0 saturated carbocycles. The molecule has 1 heterocycles. The summed E-state index contributed by atoms with van der Waals surface area (Å²) >= 11 is 0. The van der Waals surface area contributed by atoms with Gasteiger partial charge in [0.2, 0.25) is 11.8 Å². The molecule has 2 rings (SSSR count). The Hall–Kier alpha value is -3.55. The number of pyridine rings is 1. The molecule has 0 aliphatic heterocycles. The SMILES string of the molecule is CC(NC(=O)C(Cc1ccccc1)NC(=O)c1ccncc1)C(=O)NC(C=O)C(C)C. The van der Waals surface area contributed by atoms with E-state index in [1.165, 1.54) is 19.3 Å². The first-order valence-electron chi connectivity index (χ1n) is 10.1. The van der Waals surface area contributed by atoms with Crippen LogP contribution in [-0.2, 0) is 20.8 Å². The molecule has 1 aromatic carbocycles. The molecular weight excluding hydrogens is 396 g/mol. The molecule has 0 saturated heterocycles. The average Bonchev–Trinajstić information content (AvgIpc) is 2.77. The van der Waals surface area contributed by atoms with E-state index in [4.69, 9.17) is 0 Å². The summed E-state index contributed by atoms with van der Waals surface area (Å²) in [4.78, 5) is 52.9. The van der Waals surface area contributed by atoms with Crippen LogP contribution in [0.3, 0.4) is 0 Å². The molecule has 0 spiro atoms. The molecule has 0 radical (unpaired) electrons. The van der Waals surface area contributed by atoms with Crippen molar-refractivity contribution in [2.24, 2.45) is 5.92 Å². The summed E-state index contributed by atoms with van der Waals surface area (Å²) in [6, 6.07) is 9.93. The number of hydrogen-bond acceptors (Lipinski definition) is 5. The van der Waals surface area contributed by atoms with Gasteiger partial charge in [0.15, 0.2) is 0 Å². The maximum absolute atomic E-state index is 12.9. The summed E-state index contributed by atoms with van der Waals surface area (Å²) in [5, 5.41) is 7.97. The third-order valence-corrected chi connectivity index (χ3v) is 4.77. The van der Waals surface area contributed by atoms with Gasteiger partial charge in [-0.1, -0.05) is 44.2 Å². The van der Waals surface area contributed by atoms with Gasteiger partial charge in [-0.2, -0.15) is 0 Å². The van der Waals surface area contributed by atoms with E-state index in [9.17, 15) is 19.2 Å². The van der Waals surface area contributed by atoms with E-state index in [-0.39, 0.29) is 12.3 Å². The number of carbonyl (C=O) groups excluding carboxylic acids is 4. The summed E-state index contributed by atoms with van der Waals surface area (Å²) < 4.78 is 0. The monoisotopic (exact) mass is 424 g/mol. The van der Waals surface area contributed by atoms with Crippen molar-refractivity contribution < 1.29 is 19.2 Å². The summed E-state index contributed by atoms with van der Waals surface area (Å²) in [5.41, 5.74) is 1.23. The lowest BCUT2D eigenvalue weighted by atomic mass is 10.0. The van der Waals surface area contributed by atoms with Crippen molar-refractivity contribution in [1.29, 1.82) is 0 Å². The molecule has 3 amide bonds. The van der Waals surface area contributed by atoms with Crippen LogP contribution >= 0.6 is 0 Å². The maximum Gasteiger partial charge on any atom is 0.252 e. The quantitative estimate of drug-likeness (QED) is 0.497. The van der Waals surface area contributed by atoms with Crippen LogP contribution in [0.15, 0.2) is 54.9 Å². The van der Waals surface area contributed by atoms with Crippen LogP contribution in [0.4, 0.5) is 0 Å². The minimum atomic E-state index is -0.898. The molecule has 3 N–H and O–H groups in total. The largest absolute Gasteiger partial charge is 0.345 e. The minimum Gasteiger partial charge on any atom is -0.345 e. The normalized spacial score (nSPS) is 13.5. The van der Waals surface area contributed by atoms with Gasteiger partial charge in [0.05, 0.1) is 6.04 Å². The molecule has 8 heteroatoms. The topological polar surface area (TPSA) is 117 Å². The Morgan fingerprint density at radius 2 is 1.55 bits per heavy atom. The predicted molar refractivity (Wildman–Crippen MR) is 116 cm³/mol. The lowest BCUT2D eigenvalue weighted by molar-refractivity contribution is -0.130. The van der Waals surface area contributed by atoms with Crippen LogP contribution in [0, 0.1) is 5.92 Å². The third kappa shape index (κ3) is 7.33. The summed E-state index contributed by atoms with van der Waals surface area (Å²) in [6.07, 6.45) is 3.91. The molecule has 0 aliphatic carbocycles. The number of aldehydes is 1. The second kappa shape index (κ2) is 11.6. The van der Waals surface area contributed by atoms with Crippen molar-refractivity contribution in [3.05, 3.63) is 66.0 Å². The van der Waals surface area contributed by atoms with E-state index >= 15 is 0 Å². The van der Waals surface area contributed by atoms with Gasteiger partial charge >= 0.3 is 0 Å². The maximum atomic E-state index is 12.9. The van der Waals surface area contributed by atoms with Gasteiger partial charge in [0, 0.05) is 24.4 Å². The number of amides is 3. The number of hydrogen-bond donors (Lipinski definition) is 3. The van der Waals surface area contributed by atoms with Gasteiger partial charge in [0.25, 0.3) is 5.91 Å². The van der Waals surface area contributed by atoms with Gasteiger partial charge in [-0.15, -0.1) is 0 Å². The van der Waals surface area contributed by atoms with Crippen LogP contribution in [-0.4, -0.2) is 47.1 Å². The first-order valence-corrected chi connectivity index (χ1v) is 10.1. The molecule has 0 bridgehead atoms. The van der Waals surface area contributed by atoms with E-state index in [1.807, 2.05) is 44.2 Å². The third-order valence-electron chi connectivity index (χ3n) is 4.77. The number of rotatable bonds is 10. The van der Waals surface area contributed by atoms with E-state index < -0.39 is 35.8 Å². The van der Waals surface area contributed by atoms with Crippen LogP contribution < -0.4 is 16.0 Å². The summed E-state index contributed by atoms with van der Waals surface area (Å²) in [7, 11) is 0. The Bertz CT molecular complexity index is 887. The van der Waals surface area contributed by atoms with E-state index in [0.29, 0.717) is 11.8 Å². The van der Waals surface area contributed by atoms with Crippen molar-refractivity contribution >= 4 is 24.0 Å². The number of aromatic nitrogens is 1. The minimum absolute atomic E-state index is 0.0742. The van der Waals surface area contributed by atoms with Crippen LogP contribution in [0.2, 0.25) is 0 Å². The van der Waals surface area contributed by atoms with Crippen LogP contribution in [0.5, 0.6) is 0 Å². The number of nitrogens with zero attached hydrogens (tertiary/aromatic N) is 1. The fourth-order valence-electron chi connectivity index (χ4n) is 2.83. The van der Waals surface area contributed by atoms with Gasteiger partial charge in [-0.25, -0.2) is 0 Å². The molecule has 0 fully saturated rings. The molecule has 1 aromatic heterocycles. The van der Waals surface area contributed by atoms with Crippen molar-refractivity contribution in [2.45, 2.75) is 45.3 Å². The van der Waals surface area contributed by atoms with Crippen molar-refractivity contribution in [3.63, 3.8) is 0 Å². The fraction of sp³-hybridized carbons (Fsp3) is 0.348. The Morgan fingerprint density at radius 1 is 0.903 bits per heavy atom. The van der Waals surface area contributed by atoms with Gasteiger partial charge in [-0.05, 0) is 30.5 Å². The Balaban J connectivity index is 2.10. The second-order valence-corrected chi connectivity index (χ2v) is 7.60. The summed E-state index contributed by atoms with van der Waals surface area (Å²) in [6.45, 7) is 5.15. The van der Waals surface area contributed by atoms with E-state index in [2.05, 4.69) is 20.9 Å². The van der Waals surface area contributed by atoms with Crippen molar-refractivity contribution in [3.8, 4) is 0 Å². The first-order chi connectivity index (χ1) is 14.8. The van der Waals surface area contributed by atoms with Gasteiger partial charge < -0.3 is 20.7 Å². The Labute approximate surface area is 181 Å². The van der Waals surface area contributed by atoms with E-state index in [0.717, 1.165) is 5.56 Å². The zero-order chi connectivity index (χ0) is 22.8. The highest BCUT2D eigenvalue weighted by Crippen LogP contribution is 2.06. The molecule has 31 heavy (non-hydrogen) atoms. The highest BCUT2D eigenvalue weighted by Gasteiger charge is 2.26. The highest BCUT2D eigenvalue weighted by atomic mass is 16.2. The van der Waals surface area contributed by atoms with E-state index in [1.54, 1.807) is 12.1 Å².